The molecule has 25 heavy (non-hydrogen) atoms. The number of imidazole rings is 1. The molecule has 1 saturated heterocycles. The number of nitrogens with one attached hydrogen (secondary N) is 1. The Labute approximate surface area is 158 Å². The van der Waals surface area contributed by atoms with Crippen molar-refractivity contribution in [3.63, 3.8) is 0 Å². The first-order chi connectivity index (χ1) is 11.1. The van der Waals surface area contributed by atoms with Crippen molar-refractivity contribution < 1.29 is 13.9 Å². The third-order valence-corrected chi connectivity index (χ3v) is 4.25. The van der Waals surface area contributed by atoms with Gasteiger partial charge >= 0.3 is 0 Å². The van der Waals surface area contributed by atoms with Gasteiger partial charge in [0.1, 0.15) is 17.7 Å². The Morgan fingerprint density at radius 3 is 2.88 bits per heavy atom. The summed E-state index contributed by atoms with van der Waals surface area (Å²) < 4.78 is 20.7. The quantitative estimate of drug-likeness (QED) is 0.811. The van der Waals surface area contributed by atoms with E-state index in [9.17, 15) is 9.18 Å². The second-order valence-corrected chi connectivity index (χ2v) is 5.82. The van der Waals surface area contributed by atoms with E-state index in [1.165, 1.54) is 12.1 Å². The van der Waals surface area contributed by atoms with Crippen LogP contribution >= 0.6 is 24.8 Å². The van der Waals surface area contributed by atoms with Gasteiger partial charge < -0.3 is 20.4 Å². The highest BCUT2D eigenvalue weighted by atomic mass is 35.5. The summed E-state index contributed by atoms with van der Waals surface area (Å²) in [6.45, 7) is 0.909. The summed E-state index contributed by atoms with van der Waals surface area (Å²) in [6.07, 6.45) is 1.69. The van der Waals surface area contributed by atoms with Gasteiger partial charge in [0.2, 0.25) is 5.91 Å². The topological polar surface area (TPSA) is 82.2 Å². The molecule has 9 heteroatoms. The lowest BCUT2D eigenvalue weighted by molar-refractivity contribution is -0.131. The molecule has 1 aromatic heterocycles. The van der Waals surface area contributed by atoms with Gasteiger partial charge in [-0.25, -0.2) is 9.37 Å². The highest BCUT2D eigenvalue weighted by Gasteiger charge is 2.29. The number of nitrogens with zero attached hydrogens (tertiary/aromatic N) is 2. The maximum atomic E-state index is 13.2. The summed E-state index contributed by atoms with van der Waals surface area (Å²) in [5, 5.41) is 2.87. The first-order valence-corrected chi connectivity index (χ1v) is 7.82. The monoisotopic (exact) mass is 392 g/mol. The van der Waals surface area contributed by atoms with Crippen molar-refractivity contribution in [3.8, 4) is 0 Å². The molecule has 0 bridgehead atoms. The molecule has 1 aromatic carbocycles. The molecule has 6 nitrogen and oxygen atoms in total. The van der Waals surface area contributed by atoms with Crippen molar-refractivity contribution >= 4 is 41.8 Å². The molecule has 0 saturated carbocycles. The number of benzene rings is 1. The van der Waals surface area contributed by atoms with Crippen LogP contribution in [-0.4, -0.2) is 40.8 Å². The van der Waals surface area contributed by atoms with E-state index in [2.05, 4.69) is 10.3 Å². The van der Waals surface area contributed by atoms with E-state index in [1.54, 1.807) is 6.07 Å². The third-order valence-electron chi connectivity index (χ3n) is 4.25. The van der Waals surface area contributed by atoms with Crippen LogP contribution in [0.25, 0.3) is 11.0 Å². The van der Waals surface area contributed by atoms with Crippen molar-refractivity contribution in [2.45, 2.75) is 31.5 Å². The number of nitrogens with two attached hydrogens (primary N) is 1. The number of rotatable bonds is 5. The van der Waals surface area contributed by atoms with Gasteiger partial charge in [-0.15, -0.1) is 24.8 Å². The van der Waals surface area contributed by atoms with Crippen molar-refractivity contribution in [2.24, 2.45) is 12.8 Å². The van der Waals surface area contributed by atoms with Gasteiger partial charge in [-0.3, -0.25) is 4.79 Å². The van der Waals surface area contributed by atoms with E-state index < -0.39 is 6.10 Å². The number of hydrogen-bond acceptors (Lipinski definition) is 4. The van der Waals surface area contributed by atoms with Crippen molar-refractivity contribution in [2.75, 3.05) is 13.1 Å². The minimum atomic E-state index is -0.405. The molecule has 2 aromatic rings. The van der Waals surface area contributed by atoms with Crippen LogP contribution in [0.2, 0.25) is 0 Å². The highest BCUT2D eigenvalue weighted by molar-refractivity contribution is 5.85. The summed E-state index contributed by atoms with van der Waals surface area (Å²) in [6, 6.07) is 4.54. The largest absolute Gasteiger partial charge is 0.364 e. The molecule has 0 aliphatic carbocycles. The average molecular weight is 393 g/mol. The number of carbonyl (C=O) groups is 1. The molecule has 1 fully saturated rings. The van der Waals surface area contributed by atoms with Crippen molar-refractivity contribution in [1.82, 2.24) is 14.9 Å². The molecule has 0 radical (unpaired) electrons. The molecular formula is C16H23Cl2FN4O2. The van der Waals surface area contributed by atoms with E-state index >= 15 is 0 Å². The van der Waals surface area contributed by atoms with E-state index in [-0.39, 0.29) is 42.6 Å². The van der Waals surface area contributed by atoms with Crippen molar-refractivity contribution in [1.29, 1.82) is 0 Å². The zero-order chi connectivity index (χ0) is 16.4. The van der Waals surface area contributed by atoms with Crippen LogP contribution in [0.4, 0.5) is 4.39 Å². The molecule has 3 N–H and O–H groups in total. The van der Waals surface area contributed by atoms with Gasteiger partial charge in [-0.05, 0) is 25.0 Å². The summed E-state index contributed by atoms with van der Waals surface area (Å²) in [7, 11) is 1.89. The number of fused-ring (bicyclic) bond motifs is 1. The average Bonchev–Trinajstić information content (AvgIpc) is 3.13. The highest BCUT2D eigenvalue weighted by Crippen LogP contribution is 2.19. The molecule has 2 heterocycles. The molecule has 140 valence electrons. The van der Waals surface area contributed by atoms with Crippen LogP contribution in [0.5, 0.6) is 0 Å². The molecule has 3 rings (SSSR count). The second-order valence-electron chi connectivity index (χ2n) is 5.82. The SMILES string of the molecule is Cl.Cl.Cn1c(CCNC(=O)[C@@H]2CC[C@H](CN)O2)nc2cc(F)ccc21. The molecule has 0 unspecified atom stereocenters. The summed E-state index contributed by atoms with van der Waals surface area (Å²) in [5.74, 6) is 0.395. The lowest BCUT2D eigenvalue weighted by Gasteiger charge is -2.12. The second kappa shape index (κ2) is 9.33. The number of halogens is 3. The van der Waals surface area contributed by atoms with E-state index in [4.69, 9.17) is 10.5 Å². The molecular weight excluding hydrogens is 370 g/mol. The van der Waals surface area contributed by atoms with E-state index in [0.29, 0.717) is 31.4 Å². The Balaban J connectivity index is 0.00000156. The van der Waals surface area contributed by atoms with Gasteiger partial charge in [0.05, 0.1) is 17.1 Å². The van der Waals surface area contributed by atoms with Crippen LogP contribution in [0, 0.1) is 5.82 Å². The molecule has 1 aliphatic heterocycles. The minimum Gasteiger partial charge on any atom is -0.364 e. The first kappa shape index (κ1) is 21.6. The smallest absolute Gasteiger partial charge is 0.249 e. The lowest BCUT2D eigenvalue weighted by Crippen LogP contribution is -2.36. The number of hydrogen-bond donors (Lipinski definition) is 2. The van der Waals surface area contributed by atoms with Crippen LogP contribution < -0.4 is 11.1 Å². The number of ether oxygens (including phenoxy) is 1. The molecule has 1 amide bonds. The van der Waals surface area contributed by atoms with Gasteiger partial charge in [0.15, 0.2) is 0 Å². The fourth-order valence-electron chi connectivity index (χ4n) is 2.93. The summed E-state index contributed by atoms with van der Waals surface area (Å²) >= 11 is 0. The Hall–Kier alpha value is -1.41. The van der Waals surface area contributed by atoms with Crippen LogP contribution in [0.1, 0.15) is 18.7 Å². The normalized spacial score (nSPS) is 19.3. The molecule has 0 spiro atoms. The molecule has 2 atom stereocenters. The fraction of sp³-hybridized carbons (Fsp3) is 0.500. The van der Waals surface area contributed by atoms with Gasteiger partial charge in [-0.2, -0.15) is 0 Å². The van der Waals surface area contributed by atoms with Gasteiger partial charge in [-0.1, -0.05) is 0 Å². The van der Waals surface area contributed by atoms with Gasteiger partial charge in [0, 0.05) is 32.6 Å². The zero-order valence-electron chi connectivity index (χ0n) is 13.9. The van der Waals surface area contributed by atoms with E-state index in [0.717, 1.165) is 17.8 Å². The van der Waals surface area contributed by atoms with Crippen LogP contribution in [0.3, 0.4) is 0 Å². The van der Waals surface area contributed by atoms with E-state index in [1.807, 2.05) is 11.6 Å². The number of amides is 1. The predicted molar refractivity (Wildman–Crippen MR) is 98.8 cm³/mol. The Morgan fingerprint density at radius 1 is 1.44 bits per heavy atom. The number of aromatic nitrogens is 2. The maximum Gasteiger partial charge on any atom is 0.249 e. The van der Waals surface area contributed by atoms with Crippen molar-refractivity contribution in [3.05, 3.63) is 29.8 Å². The fourth-order valence-corrected chi connectivity index (χ4v) is 2.93. The first-order valence-electron chi connectivity index (χ1n) is 7.82. The standard InChI is InChI=1S/C16H21FN4O2.2ClH/c1-21-13-4-2-10(17)8-12(13)20-15(21)6-7-19-16(22)14-5-3-11(9-18)23-14;;/h2,4,8,11,14H,3,5-7,9,18H2,1H3,(H,19,22);2*1H/t11-,14+;;/m1../s1. The Kier molecular flexibility index (Phi) is 8.08. The predicted octanol–water partition coefficient (Wildman–Crippen LogP) is 1.72. The third kappa shape index (κ3) is 4.82. The Morgan fingerprint density at radius 2 is 2.20 bits per heavy atom. The van der Waals surface area contributed by atoms with Gasteiger partial charge in [0.25, 0.3) is 0 Å². The summed E-state index contributed by atoms with van der Waals surface area (Å²) in [5.41, 5.74) is 7.04. The summed E-state index contributed by atoms with van der Waals surface area (Å²) in [4.78, 5) is 16.5. The van der Waals surface area contributed by atoms with Crippen LogP contribution in [0.15, 0.2) is 18.2 Å². The lowest BCUT2D eigenvalue weighted by atomic mass is 10.2. The number of aryl methyl sites for hydroxylation is 1. The number of carbonyl (C=O) groups excluding carboxylic acids is 1. The minimum absolute atomic E-state index is 0. The maximum absolute atomic E-state index is 13.2. The van der Waals surface area contributed by atoms with Crippen LogP contribution in [-0.2, 0) is 23.0 Å². The zero-order valence-corrected chi connectivity index (χ0v) is 15.5. The Bertz CT molecular complexity index is 725. The molecule has 1 aliphatic rings.